The van der Waals surface area contributed by atoms with Gasteiger partial charge in [-0.1, -0.05) is 36.4 Å². The molecule has 0 unspecified atom stereocenters. The number of benzene rings is 4. The number of nitrogens with zero attached hydrogens (tertiary/aromatic N) is 1. The van der Waals surface area contributed by atoms with Crippen LogP contribution >= 0.6 is 0 Å². The summed E-state index contributed by atoms with van der Waals surface area (Å²) in [6.45, 7) is 0. The second kappa shape index (κ2) is 8.31. The molecule has 4 aromatic rings. The average molecular weight is 468 g/mol. The maximum absolute atomic E-state index is 13.6. The normalized spacial score (nSPS) is 12.0. The number of ether oxygens (including phenoxy) is 1. The van der Waals surface area contributed by atoms with E-state index in [0.717, 1.165) is 12.1 Å². The zero-order chi connectivity index (χ0) is 24.7. The van der Waals surface area contributed by atoms with Crippen molar-refractivity contribution in [3.8, 4) is 23.0 Å². The molecule has 1 aliphatic carbocycles. The smallest absolute Gasteiger partial charge is 0.281 e. The van der Waals surface area contributed by atoms with Crippen molar-refractivity contribution in [1.29, 1.82) is 0 Å². The SMILES string of the molecule is O=C1c2c(O)ccc([N+](=O)[O-])c2C(=O)c2c(O)c(Oc3ccccc3)cc(Nc3ccccc3)c21. The Morgan fingerprint density at radius 2 is 1.40 bits per heavy atom. The molecular weight excluding hydrogens is 452 g/mol. The molecule has 0 saturated heterocycles. The number of nitro groups is 1. The molecule has 1 aliphatic rings. The zero-order valence-electron chi connectivity index (χ0n) is 17.9. The van der Waals surface area contributed by atoms with Gasteiger partial charge in [-0.3, -0.25) is 19.7 Å². The fraction of sp³-hybridized carbons (Fsp3) is 0. The van der Waals surface area contributed by atoms with E-state index < -0.39 is 50.4 Å². The molecule has 0 radical (unpaired) electrons. The molecule has 0 aliphatic heterocycles. The number of phenols is 2. The van der Waals surface area contributed by atoms with Crippen molar-refractivity contribution in [2.45, 2.75) is 0 Å². The number of nitrogens with one attached hydrogen (secondary N) is 1. The summed E-state index contributed by atoms with van der Waals surface area (Å²) in [4.78, 5) is 37.9. The van der Waals surface area contributed by atoms with Crippen LogP contribution in [-0.2, 0) is 0 Å². The van der Waals surface area contributed by atoms with E-state index in [2.05, 4.69) is 5.32 Å². The van der Waals surface area contributed by atoms with Crippen LogP contribution in [0.1, 0.15) is 31.8 Å². The summed E-state index contributed by atoms with van der Waals surface area (Å²) in [5.41, 5.74) is -1.75. The number of carbonyl (C=O) groups excluding carboxylic acids is 2. The van der Waals surface area contributed by atoms with Gasteiger partial charge in [-0.25, -0.2) is 0 Å². The zero-order valence-corrected chi connectivity index (χ0v) is 17.9. The molecule has 5 rings (SSSR count). The summed E-state index contributed by atoms with van der Waals surface area (Å²) in [6.07, 6.45) is 0. The summed E-state index contributed by atoms with van der Waals surface area (Å²) in [5.74, 6) is -2.85. The highest BCUT2D eigenvalue weighted by Gasteiger charge is 2.42. The molecule has 4 aromatic carbocycles. The van der Waals surface area contributed by atoms with E-state index in [9.17, 15) is 29.9 Å². The van der Waals surface area contributed by atoms with Crippen molar-refractivity contribution in [3.63, 3.8) is 0 Å². The van der Waals surface area contributed by atoms with Crippen LogP contribution in [-0.4, -0.2) is 26.7 Å². The molecule has 0 aromatic heterocycles. The molecule has 35 heavy (non-hydrogen) atoms. The minimum Gasteiger partial charge on any atom is -0.507 e. The lowest BCUT2D eigenvalue weighted by Crippen LogP contribution is -2.24. The van der Waals surface area contributed by atoms with E-state index in [-0.39, 0.29) is 17.0 Å². The van der Waals surface area contributed by atoms with Crippen LogP contribution in [0.15, 0.2) is 78.9 Å². The number of hydrogen-bond donors (Lipinski definition) is 3. The van der Waals surface area contributed by atoms with Crippen LogP contribution in [0.25, 0.3) is 0 Å². The van der Waals surface area contributed by atoms with Crippen molar-refractivity contribution < 1.29 is 29.5 Å². The fourth-order valence-corrected chi connectivity index (χ4v) is 4.02. The number of aromatic hydroxyl groups is 2. The molecule has 0 spiro atoms. The van der Waals surface area contributed by atoms with E-state index in [0.29, 0.717) is 11.4 Å². The Bertz CT molecular complexity index is 1520. The van der Waals surface area contributed by atoms with Gasteiger partial charge in [-0.05, 0) is 30.3 Å². The maximum atomic E-state index is 13.6. The Hall–Kier alpha value is -5.18. The van der Waals surface area contributed by atoms with E-state index in [1.807, 2.05) is 0 Å². The number of para-hydroxylation sites is 2. The lowest BCUT2D eigenvalue weighted by Gasteiger charge is -2.24. The molecule has 0 fully saturated rings. The van der Waals surface area contributed by atoms with Crippen molar-refractivity contribution in [2.75, 3.05) is 5.32 Å². The average Bonchev–Trinajstić information content (AvgIpc) is 2.85. The molecule has 0 atom stereocenters. The third-order valence-corrected chi connectivity index (χ3v) is 5.56. The number of nitro benzene ring substituents is 1. The number of phenolic OH excluding ortho intramolecular Hbond substituents is 2. The Morgan fingerprint density at radius 1 is 0.771 bits per heavy atom. The maximum Gasteiger partial charge on any atom is 0.281 e. The van der Waals surface area contributed by atoms with Crippen LogP contribution in [0.2, 0.25) is 0 Å². The standard InChI is InChI=1S/C26H16N2O7/c29-18-12-11-17(28(33)34)21-22(18)25(31)20-16(27-14-7-3-1-4-8-14)13-19(24(30)23(20)26(21)32)35-15-9-5-2-6-10-15/h1-13,27,29-30H. The second-order valence-corrected chi connectivity index (χ2v) is 7.70. The van der Waals surface area contributed by atoms with Crippen LogP contribution in [0.5, 0.6) is 23.0 Å². The Morgan fingerprint density at radius 3 is 2.06 bits per heavy atom. The molecule has 0 amide bonds. The quantitative estimate of drug-likeness (QED) is 0.179. The van der Waals surface area contributed by atoms with E-state index in [1.54, 1.807) is 60.7 Å². The van der Waals surface area contributed by atoms with E-state index >= 15 is 0 Å². The molecule has 0 heterocycles. The topological polar surface area (TPSA) is 139 Å². The number of carbonyl (C=O) groups is 2. The van der Waals surface area contributed by atoms with Crippen LogP contribution < -0.4 is 10.1 Å². The Balaban J connectivity index is 1.77. The summed E-state index contributed by atoms with van der Waals surface area (Å²) in [7, 11) is 0. The second-order valence-electron chi connectivity index (χ2n) is 7.70. The van der Waals surface area contributed by atoms with Gasteiger partial charge in [0, 0.05) is 17.8 Å². The van der Waals surface area contributed by atoms with Crippen LogP contribution in [0.3, 0.4) is 0 Å². The molecule has 0 bridgehead atoms. The van der Waals surface area contributed by atoms with Gasteiger partial charge in [-0.15, -0.1) is 0 Å². The third-order valence-electron chi connectivity index (χ3n) is 5.56. The van der Waals surface area contributed by atoms with Gasteiger partial charge in [0.1, 0.15) is 17.1 Å². The Labute approximate surface area is 198 Å². The van der Waals surface area contributed by atoms with Gasteiger partial charge in [0.2, 0.25) is 11.6 Å². The largest absolute Gasteiger partial charge is 0.507 e. The minimum absolute atomic E-state index is 0.116. The van der Waals surface area contributed by atoms with Gasteiger partial charge in [-0.2, -0.15) is 0 Å². The molecule has 0 saturated carbocycles. The number of hydrogen-bond acceptors (Lipinski definition) is 8. The predicted molar refractivity (Wildman–Crippen MR) is 126 cm³/mol. The molecule has 9 nitrogen and oxygen atoms in total. The minimum atomic E-state index is -0.982. The van der Waals surface area contributed by atoms with Crippen molar-refractivity contribution in [1.82, 2.24) is 0 Å². The molecule has 9 heteroatoms. The van der Waals surface area contributed by atoms with Gasteiger partial charge >= 0.3 is 0 Å². The van der Waals surface area contributed by atoms with Gasteiger partial charge in [0.25, 0.3) is 5.69 Å². The molecular formula is C26H16N2O7. The van der Waals surface area contributed by atoms with E-state index in [1.165, 1.54) is 6.07 Å². The first-order chi connectivity index (χ1) is 16.9. The lowest BCUT2D eigenvalue weighted by molar-refractivity contribution is -0.385. The number of anilines is 2. The first kappa shape index (κ1) is 21.7. The summed E-state index contributed by atoms with van der Waals surface area (Å²) in [6, 6.07) is 20.5. The number of rotatable bonds is 5. The van der Waals surface area contributed by atoms with Gasteiger partial charge in [0.15, 0.2) is 11.5 Å². The summed E-state index contributed by atoms with van der Waals surface area (Å²) >= 11 is 0. The van der Waals surface area contributed by atoms with Crippen molar-refractivity contribution >= 4 is 28.6 Å². The van der Waals surface area contributed by atoms with Crippen molar-refractivity contribution in [2.24, 2.45) is 0 Å². The molecule has 172 valence electrons. The fourth-order valence-electron chi connectivity index (χ4n) is 4.02. The summed E-state index contributed by atoms with van der Waals surface area (Å²) in [5, 5.41) is 36.1. The first-order valence-corrected chi connectivity index (χ1v) is 10.4. The molecule has 3 N–H and O–H groups in total. The number of ketones is 2. The first-order valence-electron chi connectivity index (χ1n) is 10.4. The highest BCUT2D eigenvalue weighted by atomic mass is 16.6. The van der Waals surface area contributed by atoms with Crippen molar-refractivity contribution in [3.05, 3.63) is 111 Å². The van der Waals surface area contributed by atoms with Crippen LogP contribution in [0.4, 0.5) is 17.1 Å². The third kappa shape index (κ3) is 3.61. The van der Waals surface area contributed by atoms with Crippen LogP contribution in [0, 0.1) is 10.1 Å². The van der Waals surface area contributed by atoms with Gasteiger partial charge in [0.05, 0.1) is 27.3 Å². The highest BCUT2D eigenvalue weighted by Crippen LogP contribution is 2.47. The monoisotopic (exact) mass is 468 g/mol. The predicted octanol–water partition coefficient (Wildman–Crippen LogP) is 5.32. The van der Waals surface area contributed by atoms with Gasteiger partial charge < -0.3 is 20.3 Å². The number of fused-ring (bicyclic) bond motifs is 2. The summed E-state index contributed by atoms with van der Waals surface area (Å²) < 4.78 is 5.79. The lowest BCUT2D eigenvalue weighted by atomic mass is 9.81. The highest BCUT2D eigenvalue weighted by molar-refractivity contribution is 6.33. The van der Waals surface area contributed by atoms with E-state index in [4.69, 9.17) is 4.74 Å². The Kier molecular flexibility index (Phi) is 5.14.